The smallest absolute Gasteiger partial charge is 0.254 e. The van der Waals surface area contributed by atoms with Crippen LogP contribution in [0.4, 0.5) is 0 Å². The van der Waals surface area contributed by atoms with E-state index in [-0.39, 0.29) is 17.9 Å². The number of aryl methyl sites for hydroxylation is 1. The largest absolute Gasteiger partial charge is 0.512 e. The van der Waals surface area contributed by atoms with Gasteiger partial charge in [-0.3, -0.25) is 9.59 Å². The van der Waals surface area contributed by atoms with Crippen LogP contribution in [0, 0.1) is 6.92 Å². The maximum Gasteiger partial charge on any atom is 0.254 e. The van der Waals surface area contributed by atoms with Crippen LogP contribution in [0.1, 0.15) is 62.8 Å². The second-order valence-corrected chi connectivity index (χ2v) is 10.5. The van der Waals surface area contributed by atoms with Gasteiger partial charge >= 0.3 is 0 Å². The standard InChI is InChI=1S/C28H32ClNO4.C4H7NO/c1-6-7-8-17(2)27(19(4)31)23-14-21-13-18(3)28(33)30(24(21)15-26(23)34-5)16-25(32)20-9-11-22(29)12-10-20;6-4-5-2-1-3-5/h8-15,25,31-32H,6-7,16H2,1-5H3;4H,1-3H2/b17-8+,27-19+;. The summed E-state index contributed by atoms with van der Waals surface area (Å²) in [4.78, 5) is 24.6. The fourth-order valence-corrected chi connectivity index (χ4v) is 4.79. The van der Waals surface area contributed by atoms with Crippen molar-refractivity contribution in [2.24, 2.45) is 0 Å². The first-order valence-corrected chi connectivity index (χ1v) is 13.9. The van der Waals surface area contributed by atoms with Gasteiger partial charge in [0.15, 0.2) is 0 Å². The first-order valence-electron chi connectivity index (χ1n) is 13.5. The Hall–Kier alpha value is -3.55. The van der Waals surface area contributed by atoms with Gasteiger partial charge in [0.25, 0.3) is 5.56 Å². The summed E-state index contributed by atoms with van der Waals surface area (Å²) in [5.74, 6) is 0.740. The lowest BCUT2D eigenvalue weighted by atomic mass is 9.94. The second kappa shape index (κ2) is 14.2. The van der Waals surface area contributed by atoms with E-state index in [1.807, 2.05) is 19.1 Å². The molecule has 4 rings (SSSR count). The van der Waals surface area contributed by atoms with Crippen molar-refractivity contribution >= 4 is 34.5 Å². The first kappa shape index (κ1) is 31.0. The van der Waals surface area contributed by atoms with E-state index in [0.29, 0.717) is 33.0 Å². The van der Waals surface area contributed by atoms with Crippen molar-refractivity contribution < 1.29 is 19.7 Å². The van der Waals surface area contributed by atoms with Crippen LogP contribution < -0.4 is 10.3 Å². The van der Waals surface area contributed by atoms with Gasteiger partial charge in [-0.2, -0.15) is 0 Å². The molecule has 0 aliphatic carbocycles. The number of allylic oxidation sites excluding steroid dienone is 4. The fraction of sp³-hybridized carbons (Fsp3) is 0.375. The number of nitrogens with zero attached hydrogens (tertiary/aromatic N) is 2. The van der Waals surface area contributed by atoms with Crippen molar-refractivity contribution in [3.8, 4) is 5.75 Å². The molecule has 2 aromatic carbocycles. The molecule has 2 heterocycles. The summed E-state index contributed by atoms with van der Waals surface area (Å²) in [5.41, 5.74) is 4.13. The average molecular weight is 567 g/mol. The normalized spacial score (nSPS) is 14.6. The minimum Gasteiger partial charge on any atom is -0.512 e. The summed E-state index contributed by atoms with van der Waals surface area (Å²) in [7, 11) is 1.57. The van der Waals surface area contributed by atoms with E-state index in [1.165, 1.54) is 6.42 Å². The van der Waals surface area contributed by atoms with Gasteiger partial charge < -0.3 is 24.4 Å². The van der Waals surface area contributed by atoms with Crippen molar-refractivity contribution in [1.82, 2.24) is 9.47 Å². The number of carbonyl (C=O) groups excluding carboxylic acids is 1. The summed E-state index contributed by atoms with van der Waals surface area (Å²) in [6.45, 7) is 9.54. The summed E-state index contributed by atoms with van der Waals surface area (Å²) >= 11 is 5.97. The van der Waals surface area contributed by atoms with Crippen molar-refractivity contribution in [3.05, 3.63) is 91.9 Å². The topological polar surface area (TPSA) is 92.0 Å². The third-order valence-electron chi connectivity index (χ3n) is 7.01. The number of unbranched alkanes of at least 4 members (excludes halogenated alkanes) is 1. The second-order valence-electron chi connectivity index (χ2n) is 10.1. The minimum absolute atomic E-state index is 0.0816. The van der Waals surface area contributed by atoms with Gasteiger partial charge in [0, 0.05) is 40.9 Å². The molecule has 3 aromatic rings. The van der Waals surface area contributed by atoms with Crippen LogP contribution in [0.2, 0.25) is 5.02 Å². The Morgan fingerprint density at radius 3 is 2.33 bits per heavy atom. The van der Waals surface area contributed by atoms with Crippen LogP contribution >= 0.6 is 11.6 Å². The van der Waals surface area contributed by atoms with E-state index in [1.54, 1.807) is 60.8 Å². The van der Waals surface area contributed by atoms with Crippen molar-refractivity contribution in [1.29, 1.82) is 0 Å². The van der Waals surface area contributed by atoms with E-state index >= 15 is 0 Å². The van der Waals surface area contributed by atoms with Crippen LogP contribution in [0.25, 0.3) is 16.5 Å². The van der Waals surface area contributed by atoms with Gasteiger partial charge in [0.2, 0.25) is 6.41 Å². The number of hydrogen-bond donors (Lipinski definition) is 2. The predicted molar refractivity (Wildman–Crippen MR) is 162 cm³/mol. The van der Waals surface area contributed by atoms with Gasteiger partial charge in [-0.25, -0.2) is 0 Å². The number of aromatic nitrogens is 1. The number of pyridine rings is 1. The van der Waals surface area contributed by atoms with Gasteiger partial charge in [0.05, 0.1) is 31.0 Å². The zero-order chi connectivity index (χ0) is 29.4. The first-order chi connectivity index (χ1) is 19.1. The average Bonchev–Trinajstić information content (AvgIpc) is 2.89. The van der Waals surface area contributed by atoms with Crippen LogP contribution in [-0.4, -0.2) is 46.3 Å². The Kier molecular flexibility index (Phi) is 11.0. The highest BCUT2D eigenvalue weighted by molar-refractivity contribution is 6.30. The number of carbonyl (C=O) groups is 1. The molecule has 8 heteroatoms. The zero-order valence-corrected chi connectivity index (χ0v) is 24.7. The Labute approximate surface area is 241 Å². The van der Waals surface area contributed by atoms with Crippen LogP contribution in [0.3, 0.4) is 0 Å². The van der Waals surface area contributed by atoms with Crippen LogP contribution in [0.5, 0.6) is 5.75 Å². The molecule has 40 heavy (non-hydrogen) atoms. The molecule has 1 amide bonds. The van der Waals surface area contributed by atoms with Crippen molar-refractivity contribution in [2.45, 2.75) is 59.6 Å². The van der Waals surface area contributed by atoms with E-state index in [2.05, 4.69) is 13.0 Å². The molecule has 7 nitrogen and oxygen atoms in total. The number of hydrogen-bond acceptors (Lipinski definition) is 5. The maximum atomic E-state index is 13.1. The number of rotatable bonds is 9. The Morgan fingerprint density at radius 1 is 1.15 bits per heavy atom. The number of aliphatic hydroxyl groups is 2. The molecule has 1 aliphatic rings. The van der Waals surface area contributed by atoms with E-state index in [4.69, 9.17) is 16.3 Å². The number of methoxy groups -OCH3 is 1. The molecule has 1 aromatic heterocycles. The lowest BCUT2D eigenvalue weighted by molar-refractivity contribution is -0.121. The SMILES string of the molecule is CCC/C=C(C)/C(=C(/C)O)c1cc2cc(C)c(=O)n(CC(O)c3ccc(Cl)cc3)c2cc1OC.O=CN1CCC1. The van der Waals surface area contributed by atoms with Gasteiger partial charge in [-0.1, -0.05) is 43.2 Å². The minimum atomic E-state index is -0.889. The highest BCUT2D eigenvalue weighted by atomic mass is 35.5. The summed E-state index contributed by atoms with van der Waals surface area (Å²) in [5, 5.41) is 22.8. The molecular weight excluding hydrogens is 528 g/mol. The summed E-state index contributed by atoms with van der Waals surface area (Å²) in [6.07, 6.45) is 5.21. The van der Waals surface area contributed by atoms with Crippen LogP contribution in [0.15, 0.2) is 64.7 Å². The highest BCUT2D eigenvalue weighted by Gasteiger charge is 2.19. The lowest BCUT2D eigenvalue weighted by Gasteiger charge is -2.25. The molecule has 1 aliphatic heterocycles. The third kappa shape index (κ3) is 7.34. The predicted octanol–water partition coefficient (Wildman–Crippen LogP) is 6.59. The Morgan fingerprint density at radius 2 is 1.82 bits per heavy atom. The van der Waals surface area contributed by atoms with Gasteiger partial charge in [-0.05, 0) is 74.4 Å². The molecule has 1 atom stereocenters. The molecule has 1 fully saturated rings. The number of halogens is 1. The number of amides is 1. The Bertz CT molecular complexity index is 1450. The molecule has 1 unspecified atom stereocenters. The molecule has 0 saturated carbocycles. The molecular formula is C32H39ClN2O5. The van der Waals surface area contributed by atoms with E-state index in [9.17, 15) is 19.8 Å². The van der Waals surface area contributed by atoms with Crippen molar-refractivity contribution in [3.63, 3.8) is 0 Å². The highest BCUT2D eigenvalue weighted by Crippen LogP contribution is 2.36. The summed E-state index contributed by atoms with van der Waals surface area (Å²) in [6, 6.07) is 12.5. The number of likely N-dealkylation sites (tertiary alicyclic amines) is 1. The zero-order valence-electron chi connectivity index (χ0n) is 23.9. The summed E-state index contributed by atoms with van der Waals surface area (Å²) < 4.78 is 7.28. The van der Waals surface area contributed by atoms with E-state index < -0.39 is 6.10 Å². The lowest BCUT2D eigenvalue weighted by Crippen LogP contribution is -2.35. The monoisotopic (exact) mass is 566 g/mol. The third-order valence-corrected chi connectivity index (χ3v) is 7.26. The van der Waals surface area contributed by atoms with E-state index in [0.717, 1.165) is 48.9 Å². The maximum absolute atomic E-state index is 13.1. The molecule has 1 saturated heterocycles. The quantitative estimate of drug-likeness (QED) is 0.173. The molecule has 0 radical (unpaired) electrons. The molecule has 2 N–H and O–H groups in total. The molecule has 0 spiro atoms. The molecule has 0 bridgehead atoms. The van der Waals surface area contributed by atoms with Crippen LogP contribution in [-0.2, 0) is 11.3 Å². The Balaban J connectivity index is 0.000000649. The molecule has 214 valence electrons. The number of aliphatic hydroxyl groups excluding tert-OH is 2. The number of ether oxygens (including phenoxy) is 1. The number of benzene rings is 2. The van der Waals surface area contributed by atoms with Gasteiger partial charge in [-0.15, -0.1) is 0 Å². The van der Waals surface area contributed by atoms with Gasteiger partial charge in [0.1, 0.15) is 5.75 Å². The number of fused-ring (bicyclic) bond motifs is 1. The van der Waals surface area contributed by atoms with Crippen molar-refractivity contribution in [2.75, 3.05) is 20.2 Å². The fourth-order valence-electron chi connectivity index (χ4n) is 4.66.